The number of furan rings is 1. The molecule has 4 rings (SSSR count). The monoisotopic (exact) mass is 340 g/mol. The summed E-state index contributed by atoms with van der Waals surface area (Å²) in [5, 5.41) is 0.819. The summed E-state index contributed by atoms with van der Waals surface area (Å²) < 4.78 is 6.97. The van der Waals surface area contributed by atoms with Crippen molar-refractivity contribution in [3.8, 4) is 10.8 Å². The maximum Gasteiger partial charge on any atom is 0.289 e. The topological polar surface area (TPSA) is 46.3 Å². The number of carbonyl (C=O) groups excluding carboxylic acids is 1. The number of thiazole rings is 1. The van der Waals surface area contributed by atoms with E-state index in [1.807, 2.05) is 35.2 Å². The summed E-state index contributed by atoms with van der Waals surface area (Å²) in [6.07, 6.45) is 3.44. The van der Waals surface area contributed by atoms with Gasteiger partial charge in [0.2, 0.25) is 0 Å². The van der Waals surface area contributed by atoms with Gasteiger partial charge in [-0.3, -0.25) is 4.79 Å². The molecule has 24 heavy (non-hydrogen) atoms. The van der Waals surface area contributed by atoms with E-state index in [1.165, 1.54) is 12.8 Å². The zero-order valence-corrected chi connectivity index (χ0v) is 14.5. The number of benzene rings is 1. The third-order valence-corrected chi connectivity index (χ3v) is 5.33. The predicted octanol–water partition coefficient (Wildman–Crippen LogP) is 4.82. The second kappa shape index (κ2) is 6.40. The maximum absolute atomic E-state index is 12.7. The Morgan fingerprint density at radius 2 is 2.12 bits per heavy atom. The molecular weight excluding hydrogens is 320 g/mol. The van der Waals surface area contributed by atoms with E-state index in [-0.39, 0.29) is 5.91 Å². The molecule has 1 amide bonds. The van der Waals surface area contributed by atoms with Gasteiger partial charge in [0.15, 0.2) is 16.5 Å². The van der Waals surface area contributed by atoms with Crippen molar-refractivity contribution in [2.45, 2.75) is 26.2 Å². The van der Waals surface area contributed by atoms with Crippen molar-refractivity contribution in [3.05, 3.63) is 42.2 Å². The molecule has 3 aromatic rings. The van der Waals surface area contributed by atoms with Crippen LogP contribution in [0, 0.1) is 5.92 Å². The van der Waals surface area contributed by atoms with Crippen LogP contribution in [-0.2, 0) is 0 Å². The van der Waals surface area contributed by atoms with E-state index in [2.05, 4.69) is 11.9 Å². The molecule has 1 saturated carbocycles. The smallest absolute Gasteiger partial charge is 0.289 e. The SMILES string of the molecule is CCCN(CC1CC1)C(=O)c1ccc(-c2nc3ccccc3s2)o1. The lowest BCUT2D eigenvalue weighted by molar-refractivity contribution is 0.0716. The van der Waals surface area contributed by atoms with E-state index >= 15 is 0 Å². The molecule has 1 aliphatic rings. The highest BCUT2D eigenvalue weighted by Gasteiger charge is 2.28. The molecule has 0 saturated heterocycles. The number of hydrogen-bond donors (Lipinski definition) is 0. The van der Waals surface area contributed by atoms with Crippen LogP contribution in [0.2, 0.25) is 0 Å². The minimum atomic E-state index is -0.00360. The zero-order valence-electron chi connectivity index (χ0n) is 13.7. The predicted molar refractivity (Wildman–Crippen MR) is 96.2 cm³/mol. The molecule has 0 aliphatic heterocycles. The van der Waals surface area contributed by atoms with E-state index in [1.54, 1.807) is 17.4 Å². The van der Waals surface area contributed by atoms with Crippen molar-refractivity contribution < 1.29 is 9.21 Å². The highest BCUT2D eigenvalue weighted by atomic mass is 32.1. The lowest BCUT2D eigenvalue weighted by Crippen LogP contribution is -2.33. The summed E-state index contributed by atoms with van der Waals surface area (Å²) in [6.45, 7) is 3.73. The van der Waals surface area contributed by atoms with E-state index in [0.717, 1.165) is 34.7 Å². The summed E-state index contributed by atoms with van der Waals surface area (Å²) in [7, 11) is 0. The van der Waals surface area contributed by atoms with Gasteiger partial charge in [0.25, 0.3) is 5.91 Å². The highest BCUT2D eigenvalue weighted by Crippen LogP contribution is 2.32. The van der Waals surface area contributed by atoms with Crippen molar-refractivity contribution in [1.82, 2.24) is 9.88 Å². The normalized spacial score (nSPS) is 14.2. The number of hydrogen-bond acceptors (Lipinski definition) is 4. The number of fused-ring (bicyclic) bond motifs is 1. The van der Waals surface area contributed by atoms with Gasteiger partial charge in [-0.1, -0.05) is 19.1 Å². The number of amides is 1. The molecule has 2 aromatic heterocycles. The zero-order chi connectivity index (χ0) is 16.5. The number of rotatable bonds is 6. The van der Waals surface area contributed by atoms with Crippen molar-refractivity contribution >= 4 is 27.5 Å². The van der Waals surface area contributed by atoms with Gasteiger partial charge < -0.3 is 9.32 Å². The molecular formula is C19H20N2O2S. The largest absolute Gasteiger partial charge is 0.448 e. The molecule has 1 aromatic carbocycles. The Balaban J connectivity index is 1.57. The molecule has 2 heterocycles. The summed E-state index contributed by atoms with van der Waals surface area (Å²) in [5.41, 5.74) is 0.961. The van der Waals surface area contributed by atoms with Crippen LogP contribution in [0.15, 0.2) is 40.8 Å². The first-order valence-corrected chi connectivity index (χ1v) is 9.31. The van der Waals surface area contributed by atoms with Gasteiger partial charge in [0.05, 0.1) is 10.2 Å². The molecule has 1 aliphatic carbocycles. The van der Waals surface area contributed by atoms with E-state index in [9.17, 15) is 4.79 Å². The summed E-state index contributed by atoms with van der Waals surface area (Å²) in [5.74, 6) is 1.76. The molecule has 0 bridgehead atoms. The van der Waals surface area contributed by atoms with Gasteiger partial charge in [-0.25, -0.2) is 4.98 Å². The molecule has 0 spiro atoms. The quantitative estimate of drug-likeness (QED) is 0.646. The first-order valence-electron chi connectivity index (χ1n) is 8.49. The fraction of sp³-hybridized carbons (Fsp3) is 0.368. The second-order valence-corrected chi connectivity index (χ2v) is 7.38. The van der Waals surface area contributed by atoms with Crippen LogP contribution < -0.4 is 0 Å². The first-order chi connectivity index (χ1) is 11.7. The molecule has 124 valence electrons. The molecule has 5 heteroatoms. The Morgan fingerprint density at radius 1 is 1.29 bits per heavy atom. The van der Waals surface area contributed by atoms with Crippen molar-refractivity contribution in [3.63, 3.8) is 0 Å². The van der Waals surface area contributed by atoms with Crippen LogP contribution in [0.3, 0.4) is 0 Å². The van der Waals surface area contributed by atoms with E-state index in [0.29, 0.717) is 17.4 Å². The number of para-hydroxylation sites is 1. The molecule has 0 atom stereocenters. The summed E-state index contributed by atoms with van der Waals surface area (Å²) in [4.78, 5) is 19.3. The molecule has 0 unspecified atom stereocenters. The molecule has 1 fully saturated rings. The van der Waals surface area contributed by atoms with Gasteiger partial charge in [-0.2, -0.15) is 0 Å². The minimum absolute atomic E-state index is 0.00360. The van der Waals surface area contributed by atoms with Crippen LogP contribution in [0.4, 0.5) is 0 Å². The lowest BCUT2D eigenvalue weighted by atomic mass is 10.3. The Morgan fingerprint density at radius 3 is 2.88 bits per heavy atom. The average Bonchev–Trinajstić information content (AvgIpc) is 3.12. The Kier molecular flexibility index (Phi) is 4.10. The molecule has 0 radical (unpaired) electrons. The number of nitrogens with zero attached hydrogens (tertiary/aromatic N) is 2. The third-order valence-electron chi connectivity index (χ3n) is 4.28. The van der Waals surface area contributed by atoms with Crippen LogP contribution >= 0.6 is 11.3 Å². The van der Waals surface area contributed by atoms with Gasteiger partial charge in [0.1, 0.15) is 0 Å². The minimum Gasteiger partial charge on any atom is -0.448 e. The fourth-order valence-electron chi connectivity index (χ4n) is 2.86. The number of carbonyl (C=O) groups is 1. The molecule has 0 N–H and O–H groups in total. The van der Waals surface area contributed by atoms with Gasteiger partial charge in [0, 0.05) is 13.1 Å². The Labute approximate surface area is 145 Å². The van der Waals surface area contributed by atoms with E-state index in [4.69, 9.17) is 4.42 Å². The lowest BCUT2D eigenvalue weighted by Gasteiger charge is -2.20. The first kappa shape index (κ1) is 15.4. The second-order valence-electron chi connectivity index (χ2n) is 6.35. The average molecular weight is 340 g/mol. The van der Waals surface area contributed by atoms with Gasteiger partial charge >= 0.3 is 0 Å². The third kappa shape index (κ3) is 3.08. The molecule has 4 nitrogen and oxygen atoms in total. The Bertz CT molecular complexity index is 830. The van der Waals surface area contributed by atoms with Crippen molar-refractivity contribution in [2.24, 2.45) is 5.92 Å². The van der Waals surface area contributed by atoms with Crippen molar-refractivity contribution in [1.29, 1.82) is 0 Å². The van der Waals surface area contributed by atoms with Gasteiger partial charge in [-0.05, 0) is 49.4 Å². The van der Waals surface area contributed by atoms with Crippen LogP contribution in [-0.4, -0.2) is 28.9 Å². The highest BCUT2D eigenvalue weighted by molar-refractivity contribution is 7.21. The van der Waals surface area contributed by atoms with Crippen LogP contribution in [0.5, 0.6) is 0 Å². The maximum atomic E-state index is 12.7. The Hall–Kier alpha value is -2.14. The summed E-state index contributed by atoms with van der Waals surface area (Å²) >= 11 is 1.58. The number of aromatic nitrogens is 1. The van der Waals surface area contributed by atoms with Gasteiger partial charge in [-0.15, -0.1) is 11.3 Å². The van der Waals surface area contributed by atoms with Crippen LogP contribution in [0.25, 0.3) is 21.0 Å². The van der Waals surface area contributed by atoms with E-state index < -0.39 is 0 Å². The summed E-state index contributed by atoms with van der Waals surface area (Å²) in [6, 6.07) is 11.6. The van der Waals surface area contributed by atoms with Crippen molar-refractivity contribution in [2.75, 3.05) is 13.1 Å². The van der Waals surface area contributed by atoms with Crippen LogP contribution in [0.1, 0.15) is 36.7 Å². The standard InChI is InChI=1S/C19H20N2O2S/c1-2-11-21(12-13-7-8-13)19(22)16-10-9-15(23-16)18-20-14-5-3-4-6-17(14)24-18/h3-6,9-10,13H,2,7-8,11-12H2,1H3. The fourth-order valence-corrected chi connectivity index (χ4v) is 3.79.